The van der Waals surface area contributed by atoms with Crippen LogP contribution in [-0.4, -0.2) is 18.0 Å². The third kappa shape index (κ3) is 4.64. The zero-order valence-corrected chi connectivity index (χ0v) is 15.4. The number of ether oxygens (including phenoxy) is 1. The molecule has 1 aliphatic heterocycles. The van der Waals surface area contributed by atoms with Crippen molar-refractivity contribution in [1.29, 1.82) is 0 Å². The van der Waals surface area contributed by atoms with Gasteiger partial charge in [-0.3, -0.25) is 0 Å². The molecular formula is C22H22N2O3. The second-order valence-corrected chi connectivity index (χ2v) is 6.43. The number of nitrogens with one attached hydrogen (secondary N) is 2. The first-order chi connectivity index (χ1) is 13.0. The van der Waals surface area contributed by atoms with E-state index in [0.717, 1.165) is 16.7 Å². The van der Waals surface area contributed by atoms with E-state index < -0.39 is 12.0 Å². The Bertz CT molecular complexity index is 886. The van der Waals surface area contributed by atoms with Crippen molar-refractivity contribution < 1.29 is 14.3 Å². The smallest absolute Gasteiger partial charge is 0.338 e. The summed E-state index contributed by atoms with van der Waals surface area (Å²) in [6.07, 6.45) is 1.95. The predicted molar refractivity (Wildman–Crippen MR) is 104 cm³/mol. The number of rotatable bonds is 5. The molecule has 0 radical (unpaired) electrons. The van der Waals surface area contributed by atoms with Gasteiger partial charge in [0.2, 0.25) is 0 Å². The zero-order valence-electron chi connectivity index (χ0n) is 15.4. The zero-order chi connectivity index (χ0) is 19.2. The summed E-state index contributed by atoms with van der Waals surface area (Å²) in [5.74, 6) is -0.449. The molecule has 5 heteroatoms. The number of esters is 1. The molecule has 27 heavy (non-hydrogen) atoms. The van der Waals surface area contributed by atoms with Crippen LogP contribution >= 0.6 is 0 Å². The van der Waals surface area contributed by atoms with Crippen LogP contribution in [-0.2, 0) is 16.1 Å². The number of amides is 2. The quantitative estimate of drug-likeness (QED) is 0.795. The monoisotopic (exact) mass is 362 g/mol. The Labute approximate surface area is 158 Å². The molecule has 5 nitrogen and oxygen atoms in total. The molecule has 0 saturated carbocycles. The van der Waals surface area contributed by atoms with Crippen LogP contribution in [0.4, 0.5) is 4.79 Å². The van der Waals surface area contributed by atoms with E-state index >= 15 is 0 Å². The van der Waals surface area contributed by atoms with Crippen LogP contribution in [0.1, 0.15) is 25.0 Å². The molecule has 0 aliphatic carbocycles. The summed E-state index contributed by atoms with van der Waals surface area (Å²) in [6, 6.07) is 18.4. The Hall–Kier alpha value is -3.34. The maximum absolute atomic E-state index is 12.8. The third-order valence-corrected chi connectivity index (χ3v) is 4.35. The molecule has 0 spiro atoms. The van der Waals surface area contributed by atoms with Gasteiger partial charge in [-0.1, -0.05) is 66.7 Å². The van der Waals surface area contributed by atoms with Crippen LogP contribution < -0.4 is 10.6 Å². The minimum atomic E-state index is -0.540. The third-order valence-electron chi connectivity index (χ3n) is 4.35. The van der Waals surface area contributed by atoms with Gasteiger partial charge in [-0.15, -0.1) is 0 Å². The van der Waals surface area contributed by atoms with Gasteiger partial charge in [0.15, 0.2) is 0 Å². The van der Waals surface area contributed by atoms with Gasteiger partial charge >= 0.3 is 12.0 Å². The van der Waals surface area contributed by atoms with Gasteiger partial charge < -0.3 is 15.4 Å². The molecule has 1 unspecified atom stereocenters. The fourth-order valence-electron chi connectivity index (χ4n) is 3.00. The van der Waals surface area contributed by atoms with Crippen molar-refractivity contribution in [2.24, 2.45) is 0 Å². The van der Waals surface area contributed by atoms with Crippen LogP contribution in [0.2, 0.25) is 0 Å². The molecule has 1 heterocycles. The maximum Gasteiger partial charge on any atom is 0.338 e. The highest BCUT2D eigenvalue weighted by Gasteiger charge is 2.32. The van der Waals surface area contributed by atoms with Crippen LogP contribution in [0.25, 0.3) is 6.08 Å². The summed E-state index contributed by atoms with van der Waals surface area (Å²) >= 11 is 0. The topological polar surface area (TPSA) is 67.4 Å². The average molecular weight is 362 g/mol. The largest absolute Gasteiger partial charge is 0.457 e. The molecule has 0 fully saturated rings. The van der Waals surface area contributed by atoms with Crippen molar-refractivity contribution in [3.05, 3.63) is 88.6 Å². The lowest BCUT2D eigenvalue weighted by molar-refractivity contribution is -0.140. The Balaban J connectivity index is 1.83. The molecule has 3 rings (SSSR count). The number of benzene rings is 2. The standard InChI is InChI=1S/C22H22N2O3/c1-15(13-17-9-5-3-6-10-17)20-19(16(2)23-22(26)24-20)21(25)27-14-18-11-7-4-8-12-18/h3-13,20H,14H2,1-2H3,(H2,23,24,26)/b15-13+. The molecule has 138 valence electrons. The number of carbonyl (C=O) groups excluding carboxylic acids is 2. The predicted octanol–water partition coefficient (Wildman–Crippen LogP) is 3.79. The van der Waals surface area contributed by atoms with Crippen molar-refractivity contribution in [3.8, 4) is 0 Å². The fourth-order valence-corrected chi connectivity index (χ4v) is 3.00. The van der Waals surface area contributed by atoms with Gasteiger partial charge in [0.1, 0.15) is 6.61 Å². The number of hydrogen-bond donors (Lipinski definition) is 2. The van der Waals surface area contributed by atoms with Gasteiger partial charge in [-0.2, -0.15) is 0 Å². The molecular weight excluding hydrogens is 340 g/mol. The number of allylic oxidation sites excluding steroid dienone is 1. The van der Waals surface area contributed by atoms with Gasteiger partial charge in [0.25, 0.3) is 0 Å². The van der Waals surface area contributed by atoms with E-state index in [-0.39, 0.29) is 12.6 Å². The lowest BCUT2D eigenvalue weighted by Crippen LogP contribution is -2.50. The minimum absolute atomic E-state index is 0.179. The lowest BCUT2D eigenvalue weighted by Gasteiger charge is -2.28. The molecule has 2 N–H and O–H groups in total. The summed E-state index contributed by atoms with van der Waals surface area (Å²) in [5, 5.41) is 5.48. The molecule has 0 aromatic heterocycles. The van der Waals surface area contributed by atoms with Crippen molar-refractivity contribution in [3.63, 3.8) is 0 Å². The molecule has 1 aliphatic rings. The SMILES string of the molecule is CC1=C(C(=O)OCc2ccccc2)C(/C(C)=C/c2ccccc2)NC(=O)N1. The summed E-state index contributed by atoms with van der Waals surface area (Å²) in [7, 11) is 0. The van der Waals surface area contributed by atoms with E-state index in [1.807, 2.05) is 73.7 Å². The van der Waals surface area contributed by atoms with Crippen molar-refractivity contribution in [1.82, 2.24) is 10.6 Å². The lowest BCUT2D eigenvalue weighted by atomic mass is 9.95. The molecule has 2 aromatic rings. The normalized spacial score (nSPS) is 17.2. The van der Waals surface area contributed by atoms with E-state index in [4.69, 9.17) is 4.74 Å². The van der Waals surface area contributed by atoms with E-state index in [9.17, 15) is 9.59 Å². The molecule has 2 amide bonds. The van der Waals surface area contributed by atoms with E-state index in [2.05, 4.69) is 10.6 Å². The van der Waals surface area contributed by atoms with Crippen molar-refractivity contribution in [2.45, 2.75) is 26.5 Å². The fraction of sp³-hybridized carbons (Fsp3) is 0.182. The van der Waals surface area contributed by atoms with Gasteiger partial charge in [-0.05, 0) is 30.5 Å². The molecule has 1 atom stereocenters. The first-order valence-corrected chi connectivity index (χ1v) is 8.77. The Kier molecular flexibility index (Phi) is 5.71. The van der Waals surface area contributed by atoms with Crippen LogP contribution in [0, 0.1) is 0 Å². The molecule has 2 aromatic carbocycles. The Morgan fingerprint density at radius 3 is 2.37 bits per heavy atom. The average Bonchev–Trinajstić information content (AvgIpc) is 2.67. The van der Waals surface area contributed by atoms with Gasteiger partial charge in [0, 0.05) is 5.70 Å². The van der Waals surface area contributed by atoms with Crippen LogP contribution in [0.3, 0.4) is 0 Å². The van der Waals surface area contributed by atoms with Crippen LogP contribution in [0.5, 0.6) is 0 Å². The van der Waals surface area contributed by atoms with Crippen molar-refractivity contribution in [2.75, 3.05) is 0 Å². The highest BCUT2D eigenvalue weighted by atomic mass is 16.5. The van der Waals surface area contributed by atoms with E-state index in [1.54, 1.807) is 6.92 Å². The summed E-state index contributed by atoms with van der Waals surface area (Å²) in [4.78, 5) is 24.7. The molecule has 0 bridgehead atoms. The van der Waals surface area contributed by atoms with Crippen LogP contribution in [0.15, 0.2) is 77.5 Å². The second-order valence-electron chi connectivity index (χ2n) is 6.43. The Morgan fingerprint density at radius 1 is 1.07 bits per heavy atom. The Morgan fingerprint density at radius 2 is 1.70 bits per heavy atom. The second kappa shape index (κ2) is 8.36. The number of hydrogen-bond acceptors (Lipinski definition) is 3. The summed E-state index contributed by atoms with van der Waals surface area (Å²) in [6.45, 7) is 3.78. The first-order valence-electron chi connectivity index (χ1n) is 8.77. The number of urea groups is 1. The first kappa shape index (κ1) is 18.5. The van der Waals surface area contributed by atoms with E-state index in [1.165, 1.54) is 0 Å². The molecule has 0 saturated heterocycles. The highest BCUT2D eigenvalue weighted by Crippen LogP contribution is 2.22. The maximum atomic E-state index is 12.8. The summed E-state index contributed by atoms with van der Waals surface area (Å²) in [5.41, 5.74) is 3.67. The van der Waals surface area contributed by atoms with Gasteiger partial charge in [0.05, 0.1) is 11.6 Å². The number of carbonyl (C=O) groups is 2. The minimum Gasteiger partial charge on any atom is -0.457 e. The summed E-state index contributed by atoms with van der Waals surface area (Å²) < 4.78 is 5.49. The van der Waals surface area contributed by atoms with Crippen molar-refractivity contribution >= 4 is 18.1 Å². The highest BCUT2D eigenvalue weighted by molar-refractivity contribution is 5.96. The van der Waals surface area contributed by atoms with E-state index in [0.29, 0.717) is 11.3 Å². The van der Waals surface area contributed by atoms with Gasteiger partial charge in [-0.25, -0.2) is 9.59 Å².